The van der Waals surface area contributed by atoms with Crippen LogP contribution < -0.4 is 16.6 Å². The Morgan fingerprint density at radius 2 is 1.96 bits per heavy atom. The van der Waals surface area contributed by atoms with Gasteiger partial charge in [0.2, 0.25) is 5.91 Å². The molecule has 2 aromatic rings. The molecular formula is C16H19FN4O4. The number of carbonyl (C=O) groups excluding carboxylic acids is 2. The number of nitrogens with one attached hydrogen (secondary N) is 1. The Hall–Kier alpha value is -3.23. The lowest BCUT2D eigenvalue weighted by atomic mass is 10.3. The molecule has 0 radical (unpaired) electrons. The Morgan fingerprint density at radius 1 is 1.28 bits per heavy atom. The lowest BCUT2D eigenvalue weighted by Crippen LogP contribution is -2.35. The molecule has 9 heteroatoms. The summed E-state index contributed by atoms with van der Waals surface area (Å²) in [6.45, 7) is 1.37. The zero-order valence-corrected chi connectivity index (χ0v) is 13.6. The minimum atomic E-state index is -1.07. The van der Waals surface area contributed by atoms with E-state index < -0.39 is 17.4 Å². The van der Waals surface area contributed by atoms with Gasteiger partial charge in [-0.15, -0.1) is 0 Å². The van der Waals surface area contributed by atoms with Gasteiger partial charge in [-0.25, -0.2) is 4.79 Å². The zero-order chi connectivity index (χ0) is 18.7. The highest BCUT2D eigenvalue weighted by Gasteiger charge is 2.09. The van der Waals surface area contributed by atoms with E-state index in [0.29, 0.717) is 5.69 Å². The van der Waals surface area contributed by atoms with Crippen molar-refractivity contribution in [3.63, 3.8) is 0 Å². The topological polar surface area (TPSA) is 116 Å². The van der Waals surface area contributed by atoms with Crippen molar-refractivity contribution >= 4 is 17.6 Å². The summed E-state index contributed by atoms with van der Waals surface area (Å²) in [4.78, 5) is 40.4. The molecule has 25 heavy (non-hydrogen) atoms. The molecule has 0 aromatic carbocycles. The standard InChI is InChI=1S/C11H14FN3O4.C5H5N/c1-7-2-3-8(13)11(18)15(7)6-9(16)14-5-4-10(17)19-12;1-2-4-6-5-3-1/h2-3H,4-6,13H2,1H3,(H,14,16);1-5H. The molecule has 0 atom stereocenters. The van der Waals surface area contributed by atoms with Crippen LogP contribution in [0.3, 0.4) is 0 Å². The second-order valence-electron chi connectivity index (χ2n) is 4.90. The van der Waals surface area contributed by atoms with Crippen molar-refractivity contribution in [2.75, 3.05) is 12.3 Å². The highest BCUT2D eigenvalue weighted by atomic mass is 19.3. The van der Waals surface area contributed by atoms with E-state index in [1.165, 1.54) is 10.6 Å². The number of nitrogens with zero attached hydrogens (tertiary/aromatic N) is 2. The monoisotopic (exact) mass is 350 g/mol. The molecular weight excluding hydrogens is 331 g/mol. The SMILES string of the molecule is Cc1ccc(N)c(=O)n1CC(=O)NCCC(=O)OF.c1ccncc1. The quantitative estimate of drug-likeness (QED) is 0.822. The summed E-state index contributed by atoms with van der Waals surface area (Å²) >= 11 is 0. The summed E-state index contributed by atoms with van der Waals surface area (Å²) in [6.07, 6.45) is 3.22. The minimum Gasteiger partial charge on any atom is -0.394 e. The van der Waals surface area contributed by atoms with Gasteiger partial charge in [0.25, 0.3) is 5.56 Å². The molecule has 0 saturated heterocycles. The van der Waals surface area contributed by atoms with E-state index in [1.807, 2.05) is 18.2 Å². The van der Waals surface area contributed by atoms with Crippen LogP contribution in [-0.2, 0) is 21.1 Å². The van der Waals surface area contributed by atoms with Crippen LogP contribution in [0, 0.1) is 6.92 Å². The molecule has 0 spiro atoms. The molecule has 2 aromatic heterocycles. The van der Waals surface area contributed by atoms with Crippen molar-refractivity contribution in [3.8, 4) is 0 Å². The van der Waals surface area contributed by atoms with Crippen molar-refractivity contribution in [1.29, 1.82) is 0 Å². The first-order valence-electron chi connectivity index (χ1n) is 7.34. The molecule has 0 aliphatic rings. The third-order valence-electron chi connectivity index (χ3n) is 3.03. The van der Waals surface area contributed by atoms with Crippen LogP contribution >= 0.6 is 0 Å². The first-order valence-corrected chi connectivity index (χ1v) is 7.34. The Bertz CT molecular complexity index is 723. The number of hydrogen-bond acceptors (Lipinski definition) is 6. The fraction of sp³-hybridized carbons (Fsp3) is 0.250. The molecule has 0 saturated carbocycles. The van der Waals surface area contributed by atoms with E-state index in [2.05, 4.69) is 15.2 Å². The number of aromatic nitrogens is 2. The molecule has 0 aliphatic carbocycles. The number of aryl methyl sites for hydroxylation is 1. The van der Waals surface area contributed by atoms with E-state index in [0.717, 1.165) is 0 Å². The zero-order valence-electron chi connectivity index (χ0n) is 13.6. The van der Waals surface area contributed by atoms with Crippen molar-refractivity contribution < 1.29 is 19.1 Å². The van der Waals surface area contributed by atoms with Crippen LogP contribution in [-0.4, -0.2) is 28.0 Å². The number of hydrogen-bond donors (Lipinski definition) is 2. The Balaban J connectivity index is 0.000000435. The second kappa shape index (κ2) is 10.5. The number of rotatable bonds is 5. The summed E-state index contributed by atoms with van der Waals surface area (Å²) < 4.78 is 12.6. The highest BCUT2D eigenvalue weighted by Crippen LogP contribution is 1.99. The number of pyridine rings is 2. The third-order valence-corrected chi connectivity index (χ3v) is 3.03. The van der Waals surface area contributed by atoms with Crippen molar-refractivity contribution in [2.24, 2.45) is 0 Å². The van der Waals surface area contributed by atoms with E-state index in [1.54, 1.807) is 25.4 Å². The van der Waals surface area contributed by atoms with E-state index in [-0.39, 0.29) is 25.2 Å². The minimum absolute atomic E-state index is 0.0411. The van der Waals surface area contributed by atoms with Crippen LogP contribution in [0.5, 0.6) is 0 Å². The van der Waals surface area contributed by atoms with Gasteiger partial charge >= 0.3 is 5.97 Å². The molecule has 2 rings (SSSR count). The maximum Gasteiger partial charge on any atom is 0.350 e. The van der Waals surface area contributed by atoms with Gasteiger partial charge in [0.15, 0.2) is 0 Å². The normalized spacial score (nSPS) is 9.52. The smallest absolute Gasteiger partial charge is 0.350 e. The average molecular weight is 350 g/mol. The lowest BCUT2D eigenvalue weighted by Gasteiger charge is -2.10. The number of halogens is 1. The molecule has 1 amide bonds. The van der Waals surface area contributed by atoms with Crippen molar-refractivity contribution in [2.45, 2.75) is 19.9 Å². The Kier molecular flexibility index (Phi) is 8.34. The summed E-state index contributed by atoms with van der Waals surface area (Å²) in [5.74, 6) is -1.56. The molecule has 0 fully saturated rings. The maximum atomic E-state index is 11.7. The lowest BCUT2D eigenvalue weighted by molar-refractivity contribution is -0.183. The largest absolute Gasteiger partial charge is 0.394 e. The fourth-order valence-electron chi connectivity index (χ4n) is 1.74. The number of nitrogen functional groups attached to an aromatic ring is 1. The summed E-state index contributed by atoms with van der Waals surface area (Å²) in [6, 6.07) is 8.79. The van der Waals surface area contributed by atoms with Gasteiger partial charge in [-0.3, -0.25) is 19.5 Å². The molecule has 8 nitrogen and oxygen atoms in total. The predicted octanol–water partition coefficient (Wildman–Crippen LogP) is 0.755. The van der Waals surface area contributed by atoms with Gasteiger partial charge in [-0.1, -0.05) is 6.07 Å². The van der Waals surface area contributed by atoms with Crippen LogP contribution in [0.2, 0.25) is 0 Å². The molecule has 0 bridgehead atoms. The van der Waals surface area contributed by atoms with Gasteiger partial charge in [0.1, 0.15) is 6.54 Å². The van der Waals surface area contributed by atoms with Crippen molar-refractivity contribution in [3.05, 3.63) is 58.8 Å². The number of nitrogens with two attached hydrogens (primary N) is 1. The summed E-state index contributed by atoms with van der Waals surface area (Å²) in [5.41, 5.74) is 5.62. The first kappa shape index (κ1) is 19.8. The Morgan fingerprint density at radius 3 is 2.48 bits per heavy atom. The van der Waals surface area contributed by atoms with Gasteiger partial charge in [0, 0.05) is 29.2 Å². The van der Waals surface area contributed by atoms with Crippen LogP contribution in [0.25, 0.3) is 0 Å². The van der Waals surface area contributed by atoms with Crippen molar-refractivity contribution in [1.82, 2.24) is 14.9 Å². The molecule has 0 unspecified atom stereocenters. The van der Waals surface area contributed by atoms with Crippen LogP contribution in [0.1, 0.15) is 12.1 Å². The van der Waals surface area contributed by atoms with E-state index >= 15 is 0 Å². The molecule has 0 aliphatic heterocycles. The first-order chi connectivity index (χ1) is 12.0. The number of amides is 1. The average Bonchev–Trinajstić information content (AvgIpc) is 2.64. The summed E-state index contributed by atoms with van der Waals surface area (Å²) in [7, 11) is 0. The van der Waals surface area contributed by atoms with E-state index in [9.17, 15) is 18.9 Å². The highest BCUT2D eigenvalue weighted by molar-refractivity contribution is 5.77. The predicted molar refractivity (Wildman–Crippen MR) is 88.9 cm³/mol. The van der Waals surface area contributed by atoms with Gasteiger partial charge in [0.05, 0.1) is 12.1 Å². The molecule has 3 N–H and O–H groups in total. The Labute approximate surface area is 143 Å². The maximum absolute atomic E-state index is 11.7. The van der Waals surface area contributed by atoms with Crippen LogP contribution in [0.15, 0.2) is 47.5 Å². The molecule has 134 valence electrons. The summed E-state index contributed by atoms with van der Waals surface area (Å²) in [5, 5.41) is 2.36. The second-order valence-corrected chi connectivity index (χ2v) is 4.90. The van der Waals surface area contributed by atoms with Crippen LogP contribution in [0.4, 0.5) is 10.2 Å². The van der Waals surface area contributed by atoms with E-state index in [4.69, 9.17) is 5.73 Å². The third kappa shape index (κ3) is 7.25. The van der Waals surface area contributed by atoms with Gasteiger partial charge < -0.3 is 15.6 Å². The number of anilines is 1. The van der Waals surface area contributed by atoms with Gasteiger partial charge in [-0.2, -0.15) is 0 Å². The molecule has 2 heterocycles. The van der Waals surface area contributed by atoms with Gasteiger partial charge in [-0.05, 0) is 31.2 Å². The number of carbonyl (C=O) groups is 2. The fourth-order valence-corrected chi connectivity index (χ4v) is 1.74.